The van der Waals surface area contributed by atoms with Gasteiger partial charge in [-0.05, 0) is 48.7 Å². The minimum atomic E-state index is -0.992. The van der Waals surface area contributed by atoms with E-state index in [1.54, 1.807) is 0 Å². The molecule has 0 aromatic heterocycles. The molecule has 3 N–H and O–H groups in total. The van der Waals surface area contributed by atoms with Crippen LogP contribution in [-0.2, 0) is 11.2 Å². The van der Waals surface area contributed by atoms with Crippen LogP contribution in [0.25, 0.3) is 0 Å². The third-order valence-corrected chi connectivity index (χ3v) is 3.05. The molecule has 1 atom stereocenters. The first-order valence-corrected chi connectivity index (χ1v) is 6.37. The summed E-state index contributed by atoms with van der Waals surface area (Å²) in [6.07, 6.45) is 0.312. The highest BCUT2D eigenvalue weighted by Crippen LogP contribution is 2.24. The van der Waals surface area contributed by atoms with Crippen molar-refractivity contribution >= 4 is 5.97 Å². The molecule has 0 amide bonds. The fraction of sp³-hybridized carbons (Fsp3) is 0.188. The van der Waals surface area contributed by atoms with Crippen molar-refractivity contribution in [2.75, 3.05) is 0 Å². The van der Waals surface area contributed by atoms with Crippen LogP contribution in [0.15, 0.2) is 48.5 Å². The van der Waals surface area contributed by atoms with Crippen LogP contribution in [0, 0.1) is 6.92 Å². The number of nitrogens with two attached hydrogens (primary N) is 1. The predicted molar refractivity (Wildman–Crippen MR) is 77.0 cm³/mol. The normalized spacial score (nSPS) is 11.9. The van der Waals surface area contributed by atoms with Gasteiger partial charge in [0, 0.05) is 0 Å². The third-order valence-electron chi connectivity index (χ3n) is 3.05. The van der Waals surface area contributed by atoms with Crippen LogP contribution in [0.3, 0.4) is 0 Å². The fourth-order valence-corrected chi connectivity index (χ4v) is 1.91. The van der Waals surface area contributed by atoms with E-state index >= 15 is 0 Å². The molecular formula is C16H17NO3. The molecule has 0 saturated carbocycles. The second-order valence-corrected chi connectivity index (χ2v) is 4.65. The zero-order chi connectivity index (χ0) is 14.5. The Balaban J connectivity index is 2.11. The van der Waals surface area contributed by atoms with Crippen molar-refractivity contribution in [1.82, 2.24) is 0 Å². The highest BCUT2D eigenvalue weighted by molar-refractivity contribution is 5.73. The molecule has 2 aromatic rings. The zero-order valence-corrected chi connectivity index (χ0v) is 11.2. The van der Waals surface area contributed by atoms with Crippen LogP contribution in [0.5, 0.6) is 11.5 Å². The minimum absolute atomic E-state index is 0.312. The number of ether oxygens (including phenoxy) is 1. The lowest BCUT2D eigenvalue weighted by Crippen LogP contribution is -2.32. The quantitative estimate of drug-likeness (QED) is 0.877. The minimum Gasteiger partial charge on any atom is -0.480 e. The van der Waals surface area contributed by atoms with Gasteiger partial charge in [-0.25, -0.2) is 0 Å². The second-order valence-electron chi connectivity index (χ2n) is 4.65. The number of carboxylic acids is 1. The summed E-state index contributed by atoms with van der Waals surface area (Å²) in [6.45, 7) is 1.92. The number of hydrogen-bond donors (Lipinski definition) is 2. The number of carbonyl (C=O) groups is 1. The predicted octanol–water partition coefficient (Wildman–Crippen LogP) is 2.74. The summed E-state index contributed by atoms with van der Waals surface area (Å²) in [5.74, 6) is 0.497. The van der Waals surface area contributed by atoms with Gasteiger partial charge in [-0.2, -0.15) is 0 Å². The number of carboxylic acid groups (broad SMARTS) is 1. The van der Waals surface area contributed by atoms with Gasteiger partial charge < -0.3 is 15.6 Å². The van der Waals surface area contributed by atoms with Gasteiger partial charge in [-0.1, -0.05) is 24.3 Å². The van der Waals surface area contributed by atoms with E-state index in [1.165, 1.54) is 0 Å². The molecule has 4 nitrogen and oxygen atoms in total. The first-order chi connectivity index (χ1) is 9.56. The number of aliphatic carboxylic acids is 1. The summed E-state index contributed by atoms with van der Waals surface area (Å²) in [5, 5.41) is 8.83. The summed E-state index contributed by atoms with van der Waals surface area (Å²) >= 11 is 0. The lowest BCUT2D eigenvalue weighted by atomic mass is 10.0. The maximum Gasteiger partial charge on any atom is 0.320 e. The Kier molecular flexibility index (Phi) is 4.38. The lowest BCUT2D eigenvalue weighted by molar-refractivity contribution is -0.138. The highest BCUT2D eigenvalue weighted by atomic mass is 16.5. The monoisotopic (exact) mass is 271 g/mol. The first kappa shape index (κ1) is 14.1. The van der Waals surface area contributed by atoms with Gasteiger partial charge >= 0.3 is 5.97 Å². The molecule has 4 heteroatoms. The molecule has 0 radical (unpaired) electrons. The van der Waals surface area contributed by atoms with Gasteiger partial charge in [0.1, 0.15) is 17.5 Å². The van der Waals surface area contributed by atoms with E-state index < -0.39 is 12.0 Å². The van der Waals surface area contributed by atoms with Gasteiger partial charge in [0.05, 0.1) is 0 Å². The first-order valence-electron chi connectivity index (χ1n) is 6.37. The van der Waals surface area contributed by atoms with Gasteiger partial charge in [-0.15, -0.1) is 0 Å². The number of para-hydroxylation sites is 1. The van der Waals surface area contributed by atoms with E-state index in [4.69, 9.17) is 15.6 Å². The van der Waals surface area contributed by atoms with Crippen molar-refractivity contribution in [3.63, 3.8) is 0 Å². The smallest absolute Gasteiger partial charge is 0.320 e. The molecule has 0 heterocycles. The van der Waals surface area contributed by atoms with Crippen LogP contribution < -0.4 is 10.5 Å². The molecule has 1 unspecified atom stereocenters. The summed E-state index contributed by atoms with van der Waals surface area (Å²) in [6, 6.07) is 14.2. The Labute approximate surface area is 117 Å². The van der Waals surface area contributed by atoms with Gasteiger partial charge in [-0.3, -0.25) is 4.79 Å². The average molecular weight is 271 g/mol. The Morgan fingerprint density at radius 3 is 2.50 bits per heavy atom. The molecule has 104 valence electrons. The van der Waals surface area contributed by atoms with Crippen LogP contribution in [-0.4, -0.2) is 17.1 Å². The van der Waals surface area contributed by atoms with Crippen molar-refractivity contribution in [1.29, 1.82) is 0 Å². The molecule has 0 fully saturated rings. The molecule has 2 rings (SSSR count). The fourth-order valence-electron chi connectivity index (χ4n) is 1.91. The summed E-state index contributed by atoms with van der Waals surface area (Å²) in [5.41, 5.74) is 7.43. The van der Waals surface area contributed by atoms with E-state index in [2.05, 4.69) is 0 Å². The van der Waals surface area contributed by atoms with E-state index in [-0.39, 0.29) is 0 Å². The molecule has 0 aliphatic rings. The average Bonchev–Trinajstić information content (AvgIpc) is 2.42. The second kappa shape index (κ2) is 6.21. The molecule has 20 heavy (non-hydrogen) atoms. The van der Waals surface area contributed by atoms with Gasteiger partial charge in [0.15, 0.2) is 0 Å². The van der Waals surface area contributed by atoms with E-state index in [0.717, 1.165) is 22.6 Å². The highest BCUT2D eigenvalue weighted by Gasteiger charge is 2.13. The number of hydrogen-bond acceptors (Lipinski definition) is 3. The molecule has 0 saturated heterocycles. The zero-order valence-electron chi connectivity index (χ0n) is 11.2. The molecule has 0 spiro atoms. The van der Waals surface area contributed by atoms with Crippen molar-refractivity contribution in [3.8, 4) is 11.5 Å². The third kappa shape index (κ3) is 3.59. The molecule has 0 bridgehead atoms. The van der Waals surface area contributed by atoms with E-state index in [0.29, 0.717) is 6.42 Å². The largest absolute Gasteiger partial charge is 0.480 e. The van der Waals surface area contributed by atoms with Crippen molar-refractivity contribution < 1.29 is 14.6 Å². The molecule has 2 aromatic carbocycles. The Bertz CT molecular complexity index is 596. The van der Waals surface area contributed by atoms with Crippen molar-refractivity contribution in [2.45, 2.75) is 19.4 Å². The van der Waals surface area contributed by atoms with Crippen molar-refractivity contribution in [2.24, 2.45) is 5.73 Å². The number of aryl methyl sites for hydroxylation is 1. The number of benzene rings is 2. The Hall–Kier alpha value is -2.33. The molecule has 0 aliphatic heterocycles. The SMILES string of the molecule is Cc1cc(Oc2ccccc2)ccc1CC(N)C(=O)O. The Morgan fingerprint density at radius 2 is 1.90 bits per heavy atom. The van der Waals surface area contributed by atoms with Crippen LogP contribution >= 0.6 is 0 Å². The topological polar surface area (TPSA) is 72.5 Å². The molecule has 0 aliphatic carbocycles. The van der Waals surface area contributed by atoms with Crippen LogP contribution in [0.4, 0.5) is 0 Å². The maximum absolute atomic E-state index is 10.8. The molecular weight excluding hydrogens is 254 g/mol. The standard InChI is InChI=1S/C16H17NO3/c1-11-9-14(20-13-5-3-2-4-6-13)8-7-12(11)10-15(17)16(18)19/h2-9,15H,10,17H2,1H3,(H,18,19). The van der Waals surface area contributed by atoms with Crippen LogP contribution in [0.1, 0.15) is 11.1 Å². The van der Waals surface area contributed by atoms with Crippen molar-refractivity contribution in [3.05, 3.63) is 59.7 Å². The summed E-state index contributed by atoms with van der Waals surface area (Å²) in [7, 11) is 0. The number of rotatable bonds is 5. The summed E-state index contributed by atoms with van der Waals surface area (Å²) < 4.78 is 5.72. The maximum atomic E-state index is 10.8. The van der Waals surface area contributed by atoms with Crippen LogP contribution in [0.2, 0.25) is 0 Å². The van der Waals surface area contributed by atoms with E-state index in [1.807, 2.05) is 55.5 Å². The summed E-state index contributed by atoms with van der Waals surface area (Å²) in [4.78, 5) is 10.8. The van der Waals surface area contributed by atoms with Gasteiger partial charge in [0.25, 0.3) is 0 Å². The Morgan fingerprint density at radius 1 is 1.20 bits per heavy atom. The van der Waals surface area contributed by atoms with E-state index in [9.17, 15) is 4.79 Å². The van der Waals surface area contributed by atoms with Gasteiger partial charge in [0.2, 0.25) is 0 Å². The lowest BCUT2D eigenvalue weighted by Gasteiger charge is -2.12.